The van der Waals surface area contributed by atoms with E-state index in [1.54, 1.807) is 19.5 Å². The molecule has 1 saturated heterocycles. The number of nitrogens with zero attached hydrogens (tertiary/aromatic N) is 4. The van der Waals surface area contributed by atoms with Crippen molar-refractivity contribution >= 4 is 5.82 Å². The molecule has 0 N–H and O–H groups in total. The van der Waals surface area contributed by atoms with Crippen LogP contribution in [0.3, 0.4) is 0 Å². The lowest BCUT2D eigenvalue weighted by Crippen LogP contribution is -2.46. The molecule has 0 amide bonds. The van der Waals surface area contributed by atoms with Crippen molar-refractivity contribution in [2.45, 2.75) is 20.0 Å². The Bertz CT molecular complexity index is 703. The Hall–Kier alpha value is -2.54. The Morgan fingerprint density at radius 3 is 2.33 bits per heavy atom. The highest BCUT2D eigenvalue weighted by molar-refractivity contribution is 5.48. The maximum absolute atomic E-state index is 6.04. The molecule has 27 heavy (non-hydrogen) atoms. The van der Waals surface area contributed by atoms with Crippen LogP contribution < -0.4 is 19.1 Å². The first-order valence-electron chi connectivity index (χ1n) is 9.41. The number of likely N-dealkylation sites (N-methyl/N-ethyl adjacent to an activating group) is 1. The van der Waals surface area contributed by atoms with Crippen molar-refractivity contribution < 1.29 is 14.2 Å². The molecular formula is C20H28N4O3. The normalized spacial score (nSPS) is 16.0. The smallest absolute Gasteiger partial charge is 0.258 e. The van der Waals surface area contributed by atoms with E-state index >= 15 is 0 Å². The molecule has 0 bridgehead atoms. The van der Waals surface area contributed by atoms with E-state index < -0.39 is 0 Å². The Labute approximate surface area is 160 Å². The Morgan fingerprint density at radius 1 is 1.00 bits per heavy atom. The molecule has 7 heteroatoms. The zero-order valence-electron chi connectivity index (χ0n) is 16.3. The van der Waals surface area contributed by atoms with Gasteiger partial charge in [0.1, 0.15) is 24.2 Å². The zero-order valence-corrected chi connectivity index (χ0v) is 16.3. The maximum Gasteiger partial charge on any atom is 0.258 e. The third-order valence-corrected chi connectivity index (χ3v) is 4.62. The van der Waals surface area contributed by atoms with Crippen molar-refractivity contribution in [1.82, 2.24) is 14.9 Å². The molecule has 1 aliphatic rings. The first-order valence-corrected chi connectivity index (χ1v) is 9.41. The Kier molecular flexibility index (Phi) is 6.70. The number of rotatable bonds is 8. The minimum absolute atomic E-state index is 0.153. The Morgan fingerprint density at radius 2 is 1.67 bits per heavy atom. The van der Waals surface area contributed by atoms with E-state index in [4.69, 9.17) is 14.2 Å². The number of aromatic nitrogens is 2. The number of hydrogen-bond acceptors (Lipinski definition) is 7. The fourth-order valence-electron chi connectivity index (χ4n) is 3.00. The second kappa shape index (κ2) is 9.41. The highest BCUT2D eigenvalue weighted by atomic mass is 16.5. The molecule has 0 saturated carbocycles. The van der Waals surface area contributed by atoms with E-state index in [2.05, 4.69) is 26.7 Å². The van der Waals surface area contributed by atoms with Crippen LogP contribution in [0.2, 0.25) is 0 Å². The van der Waals surface area contributed by atoms with Crippen molar-refractivity contribution in [3.63, 3.8) is 0 Å². The number of methoxy groups -OCH3 is 1. The third-order valence-electron chi connectivity index (χ3n) is 4.62. The maximum atomic E-state index is 6.04. The second-order valence-electron chi connectivity index (χ2n) is 6.52. The van der Waals surface area contributed by atoms with Gasteiger partial charge in [-0.1, -0.05) is 6.92 Å². The molecular weight excluding hydrogens is 344 g/mol. The average molecular weight is 372 g/mol. The zero-order chi connectivity index (χ0) is 19.1. The summed E-state index contributed by atoms with van der Waals surface area (Å²) in [6, 6.07) is 7.51. The molecule has 7 nitrogen and oxygen atoms in total. The summed E-state index contributed by atoms with van der Waals surface area (Å²) in [5.41, 5.74) is 0. The summed E-state index contributed by atoms with van der Waals surface area (Å²) >= 11 is 0. The van der Waals surface area contributed by atoms with Crippen molar-refractivity contribution in [2.24, 2.45) is 0 Å². The highest BCUT2D eigenvalue weighted by Crippen LogP contribution is 2.25. The molecule has 3 rings (SSSR count). The predicted octanol–water partition coefficient (Wildman–Crippen LogP) is 2.47. The molecule has 1 atom stereocenters. The van der Waals surface area contributed by atoms with Crippen LogP contribution in [0.25, 0.3) is 0 Å². The molecule has 0 aliphatic carbocycles. The third kappa shape index (κ3) is 5.23. The highest BCUT2D eigenvalue weighted by Gasteiger charge is 2.21. The SMILES string of the molecule is CCN1CCN(c2nccnc2OC(C)COc2ccc(OC)cc2)CC1. The van der Waals surface area contributed by atoms with Gasteiger partial charge in [0.05, 0.1) is 7.11 Å². The summed E-state index contributed by atoms with van der Waals surface area (Å²) in [7, 11) is 1.65. The molecule has 0 spiro atoms. The first-order chi connectivity index (χ1) is 13.2. The predicted molar refractivity (Wildman–Crippen MR) is 105 cm³/mol. The summed E-state index contributed by atoms with van der Waals surface area (Å²) < 4.78 is 17.0. The van der Waals surface area contributed by atoms with Crippen molar-refractivity contribution in [2.75, 3.05) is 51.3 Å². The lowest BCUT2D eigenvalue weighted by molar-refractivity contribution is 0.137. The molecule has 2 aromatic rings. The van der Waals surface area contributed by atoms with Crippen LogP contribution in [0.1, 0.15) is 13.8 Å². The topological polar surface area (TPSA) is 60.0 Å². The summed E-state index contributed by atoms with van der Waals surface area (Å²) in [6.45, 7) is 9.59. The van der Waals surface area contributed by atoms with Gasteiger partial charge < -0.3 is 24.0 Å². The van der Waals surface area contributed by atoms with Gasteiger partial charge in [-0.2, -0.15) is 0 Å². The quantitative estimate of drug-likeness (QED) is 0.705. The van der Waals surface area contributed by atoms with E-state index in [0.717, 1.165) is 50.0 Å². The molecule has 2 heterocycles. The van der Waals surface area contributed by atoms with Crippen LogP contribution in [0, 0.1) is 0 Å². The minimum atomic E-state index is -0.153. The van der Waals surface area contributed by atoms with E-state index in [0.29, 0.717) is 12.5 Å². The molecule has 146 valence electrons. The van der Waals surface area contributed by atoms with Gasteiger partial charge in [0.25, 0.3) is 5.88 Å². The number of anilines is 1. The van der Waals surface area contributed by atoms with Crippen molar-refractivity contribution in [3.8, 4) is 17.4 Å². The van der Waals surface area contributed by atoms with E-state index in [-0.39, 0.29) is 6.10 Å². The first kappa shape index (κ1) is 19.2. The number of benzene rings is 1. The Balaban J connectivity index is 1.56. The second-order valence-corrected chi connectivity index (χ2v) is 6.52. The summed E-state index contributed by atoms with van der Waals surface area (Å²) in [6.07, 6.45) is 3.23. The van der Waals surface area contributed by atoms with Gasteiger partial charge in [0.15, 0.2) is 5.82 Å². The molecule has 1 aromatic heterocycles. The molecule has 1 unspecified atom stereocenters. The van der Waals surface area contributed by atoms with Crippen molar-refractivity contribution in [1.29, 1.82) is 0 Å². The van der Waals surface area contributed by atoms with Crippen LogP contribution in [-0.4, -0.2) is 67.4 Å². The lowest BCUT2D eigenvalue weighted by atomic mass is 10.3. The van der Waals surface area contributed by atoms with Crippen LogP contribution in [0.15, 0.2) is 36.7 Å². The molecule has 1 aliphatic heterocycles. The van der Waals surface area contributed by atoms with E-state index in [1.807, 2.05) is 31.2 Å². The number of ether oxygens (including phenoxy) is 3. The van der Waals surface area contributed by atoms with Crippen molar-refractivity contribution in [3.05, 3.63) is 36.7 Å². The van der Waals surface area contributed by atoms with Gasteiger partial charge >= 0.3 is 0 Å². The van der Waals surface area contributed by atoms with Gasteiger partial charge in [-0.3, -0.25) is 0 Å². The monoisotopic (exact) mass is 372 g/mol. The van der Waals surface area contributed by atoms with Crippen LogP contribution >= 0.6 is 0 Å². The van der Waals surface area contributed by atoms with Gasteiger partial charge in [-0.25, -0.2) is 9.97 Å². The van der Waals surface area contributed by atoms with E-state index in [1.165, 1.54) is 0 Å². The van der Waals surface area contributed by atoms with Crippen LogP contribution in [0.5, 0.6) is 17.4 Å². The molecule has 1 fully saturated rings. The standard InChI is InChI=1S/C20H28N4O3/c1-4-23-11-13-24(14-12-23)19-20(22-10-9-21-19)27-16(2)15-26-18-7-5-17(25-3)6-8-18/h5-10,16H,4,11-15H2,1-3H3. The van der Waals surface area contributed by atoms with Gasteiger partial charge in [0, 0.05) is 38.6 Å². The number of piperazine rings is 1. The van der Waals surface area contributed by atoms with Gasteiger partial charge in [-0.15, -0.1) is 0 Å². The molecule has 1 aromatic carbocycles. The summed E-state index contributed by atoms with van der Waals surface area (Å²) in [5, 5.41) is 0. The van der Waals surface area contributed by atoms with E-state index in [9.17, 15) is 0 Å². The lowest BCUT2D eigenvalue weighted by Gasteiger charge is -2.35. The fourth-order valence-corrected chi connectivity index (χ4v) is 3.00. The fraction of sp³-hybridized carbons (Fsp3) is 0.500. The summed E-state index contributed by atoms with van der Waals surface area (Å²) in [5.74, 6) is 2.96. The summed E-state index contributed by atoms with van der Waals surface area (Å²) in [4.78, 5) is 13.6. The number of hydrogen-bond donors (Lipinski definition) is 0. The van der Waals surface area contributed by atoms with Gasteiger partial charge in [0.2, 0.25) is 0 Å². The van der Waals surface area contributed by atoms with Crippen LogP contribution in [0.4, 0.5) is 5.82 Å². The molecule has 0 radical (unpaired) electrons. The van der Waals surface area contributed by atoms with Gasteiger partial charge in [-0.05, 0) is 37.7 Å². The van der Waals surface area contributed by atoms with Crippen LogP contribution in [-0.2, 0) is 0 Å². The average Bonchev–Trinajstić information content (AvgIpc) is 2.73. The minimum Gasteiger partial charge on any atom is -0.497 e. The largest absolute Gasteiger partial charge is 0.497 e.